The summed E-state index contributed by atoms with van der Waals surface area (Å²) in [5.41, 5.74) is 0.303. The highest BCUT2D eigenvalue weighted by molar-refractivity contribution is 7.92. The third kappa shape index (κ3) is 7.41. The zero-order chi connectivity index (χ0) is 29.5. The van der Waals surface area contributed by atoms with Gasteiger partial charge in [0.05, 0.1) is 16.1 Å². The molecule has 0 aromatic heterocycles. The molecule has 11 heteroatoms. The van der Waals surface area contributed by atoms with Gasteiger partial charge in [-0.15, -0.1) is 0 Å². The van der Waals surface area contributed by atoms with E-state index in [4.69, 9.17) is 0 Å². The number of hydrogen-bond donors (Lipinski definition) is 1. The van der Waals surface area contributed by atoms with Crippen LogP contribution in [-0.2, 0) is 32.2 Å². The van der Waals surface area contributed by atoms with Crippen LogP contribution in [0, 0.1) is 6.92 Å². The van der Waals surface area contributed by atoms with Crippen molar-refractivity contribution in [3.8, 4) is 0 Å². The molecule has 0 spiro atoms. The molecule has 7 nitrogen and oxygen atoms in total. The number of benzene rings is 3. The summed E-state index contributed by atoms with van der Waals surface area (Å²) in [4.78, 5) is 27.6. The Labute approximate surface area is 232 Å². The minimum absolute atomic E-state index is 0.0930. The molecule has 0 saturated heterocycles. The van der Waals surface area contributed by atoms with Crippen LogP contribution in [0.5, 0.6) is 0 Å². The van der Waals surface area contributed by atoms with Crippen LogP contribution in [0.25, 0.3) is 0 Å². The quantitative estimate of drug-likeness (QED) is 0.356. The van der Waals surface area contributed by atoms with Crippen molar-refractivity contribution in [2.75, 3.05) is 24.4 Å². The van der Waals surface area contributed by atoms with E-state index in [0.717, 1.165) is 23.3 Å². The molecular formula is C29H32F3N3O4S. The average molecular weight is 576 g/mol. The Bertz CT molecular complexity index is 1410. The van der Waals surface area contributed by atoms with Crippen molar-refractivity contribution in [1.29, 1.82) is 0 Å². The minimum atomic E-state index is -4.73. The number of nitrogens with zero attached hydrogens (tertiary/aromatic N) is 2. The molecule has 3 aromatic rings. The molecule has 0 radical (unpaired) electrons. The molecule has 0 heterocycles. The van der Waals surface area contributed by atoms with Gasteiger partial charge in [-0.05, 0) is 55.7 Å². The van der Waals surface area contributed by atoms with Gasteiger partial charge in [-0.2, -0.15) is 13.2 Å². The maximum absolute atomic E-state index is 13.8. The molecule has 40 heavy (non-hydrogen) atoms. The second-order valence-electron chi connectivity index (χ2n) is 9.23. The van der Waals surface area contributed by atoms with Gasteiger partial charge in [0.1, 0.15) is 12.6 Å². The third-order valence-corrected chi connectivity index (χ3v) is 8.25. The van der Waals surface area contributed by atoms with Crippen molar-refractivity contribution in [2.24, 2.45) is 0 Å². The predicted molar refractivity (Wildman–Crippen MR) is 147 cm³/mol. The number of carbonyl (C=O) groups excluding carboxylic acids is 2. The molecule has 1 atom stereocenters. The number of sulfonamides is 1. The first-order valence-electron chi connectivity index (χ1n) is 12.7. The Morgan fingerprint density at radius 2 is 1.60 bits per heavy atom. The monoisotopic (exact) mass is 575 g/mol. The van der Waals surface area contributed by atoms with E-state index in [-0.39, 0.29) is 23.5 Å². The standard InChI is InChI=1S/C29H32F3N3O4S/c1-4-26(28(37)33-3)34(18-17-22-9-6-5-7-10-22)27(36)20-35(24-12-8-11-23(19-24)29(30,31)32)40(38,39)25-15-13-21(2)14-16-25/h5-16,19,26H,4,17-18,20H2,1-3H3,(H,33,37). The van der Waals surface area contributed by atoms with Crippen LogP contribution < -0.4 is 9.62 Å². The smallest absolute Gasteiger partial charge is 0.357 e. The number of aryl methyl sites for hydroxylation is 1. The maximum Gasteiger partial charge on any atom is 0.416 e. The highest BCUT2D eigenvalue weighted by atomic mass is 32.2. The highest BCUT2D eigenvalue weighted by Crippen LogP contribution is 2.33. The molecule has 0 aliphatic rings. The van der Waals surface area contributed by atoms with Crippen molar-refractivity contribution < 1.29 is 31.2 Å². The number of halogens is 3. The van der Waals surface area contributed by atoms with Crippen LogP contribution in [0.4, 0.5) is 18.9 Å². The van der Waals surface area contributed by atoms with E-state index >= 15 is 0 Å². The summed E-state index contributed by atoms with van der Waals surface area (Å²) in [5, 5.41) is 2.53. The molecule has 214 valence electrons. The summed E-state index contributed by atoms with van der Waals surface area (Å²) in [6.07, 6.45) is -4.10. The number of alkyl halides is 3. The van der Waals surface area contributed by atoms with E-state index in [1.54, 1.807) is 26.0 Å². The van der Waals surface area contributed by atoms with E-state index in [2.05, 4.69) is 5.32 Å². The Morgan fingerprint density at radius 1 is 0.950 bits per heavy atom. The summed E-state index contributed by atoms with van der Waals surface area (Å²) in [6, 6.07) is 17.9. The summed E-state index contributed by atoms with van der Waals surface area (Å²) in [5.74, 6) is -1.16. The largest absolute Gasteiger partial charge is 0.416 e. The fraction of sp³-hybridized carbons (Fsp3) is 0.310. The third-order valence-electron chi connectivity index (χ3n) is 6.47. The molecule has 3 aromatic carbocycles. The van der Waals surface area contributed by atoms with Crippen molar-refractivity contribution in [2.45, 2.75) is 43.8 Å². The summed E-state index contributed by atoms with van der Waals surface area (Å²) < 4.78 is 68.8. The maximum atomic E-state index is 13.8. The number of carbonyl (C=O) groups is 2. The highest BCUT2D eigenvalue weighted by Gasteiger charge is 2.35. The summed E-state index contributed by atoms with van der Waals surface area (Å²) >= 11 is 0. The van der Waals surface area contributed by atoms with Crippen molar-refractivity contribution >= 4 is 27.5 Å². The molecule has 0 aliphatic carbocycles. The first-order chi connectivity index (χ1) is 18.9. The lowest BCUT2D eigenvalue weighted by molar-refractivity contribution is -0.139. The fourth-order valence-electron chi connectivity index (χ4n) is 4.27. The predicted octanol–water partition coefficient (Wildman–Crippen LogP) is 4.81. The van der Waals surface area contributed by atoms with E-state index in [0.29, 0.717) is 16.8 Å². The molecule has 0 bridgehead atoms. The van der Waals surface area contributed by atoms with E-state index in [1.807, 2.05) is 30.3 Å². The van der Waals surface area contributed by atoms with Gasteiger partial charge in [0.25, 0.3) is 10.0 Å². The fourth-order valence-corrected chi connectivity index (χ4v) is 5.67. The van der Waals surface area contributed by atoms with Gasteiger partial charge in [-0.25, -0.2) is 8.42 Å². The average Bonchev–Trinajstić information content (AvgIpc) is 2.93. The van der Waals surface area contributed by atoms with Crippen molar-refractivity contribution in [3.05, 3.63) is 95.6 Å². The number of rotatable bonds is 11. The lowest BCUT2D eigenvalue weighted by Gasteiger charge is -2.33. The zero-order valence-corrected chi connectivity index (χ0v) is 23.3. The molecule has 3 rings (SSSR count). The van der Waals surface area contributed by atoms with Crippen LogP contribution >= 0.6 is 0 Å². The molecule has 0 fully saturated rings. The normalized spacial score (nSPS) is 12.4. The summed E-state index contributed by atoms with van der Waals surface area (Å²) in [7, 11) is -3.04. The van der Waals surface area contributed by atoms with Crippen LogP contribution in [0.2, 0.25) is 0 Å². The topological polar surface area (TPSA) is 86.8 Å². The number of nitrogens with one attached hydrogen (secondary N) is 1. The Hall–Kier alpha value is -3.86. The first-order valence-corrected chi connectivity index (χ1v) is 14.1. The van der Waals surface area contributed by atoms with Gasteiger partial charge < -0.3 is 10.2 Å². The number of amides is 2. The van der Waals surface area contributed by atoms with Crippen LogP contribution in [-0.4, -0.2) is 51.3 Å². The van der Waals surface area contributed by atoms with Crippen LogP contribution in [0.15, 0.2) is 83.8 Å². The van der Waals surface area contributed by atoms with Gasteiger partial charge in [0.15, 0.2) is 0 Å². The molecular weight excluding hydrogens is 543 g/mol. The van der Waals surface area contributed by atoms with Gasteiger partial charge in [-0.1, -0.05) is 61.0 Å². The van der Waals surface area contributed by atoms with Crippen LogP contribution in [0.1, 0.15) is 30.0 Å². The van der Waals surface area contributed by atoms with Gasteiger partial charge in [-0.3, -0.25) is 13.9 Å². The molecule has 1 unspecified atom stereocenters. The zero-order valence-electron chi connectivity index (χ0n) is 22.5. The van der Waals surface area contributed by atoms with E-state index in [9.17, 15) is 31.2 Å². The van der Waals surface area contributed by atoms with E-state index in [1.165, 1.54) is 30.1 Å². The van der Waals surface area contributed by atoms with Gasteiger partial charge >= 0.3 is 6.18 Å². The second kappa shape index (κ2) is 13.0. The number of hydrogen-bond acceptors (Lipinski definition) is 4. The summed E-state index contributed by atoms with van der Waals surface area (Å²) in [6.45, 7) is 2.77. The second-order valence-corrected chi connectivity index (χ2v) is 11.1. The van der Waals surface area contributed by atoms with Gasteiger partial charge in [0, 0.05) is 13.6 Å². The van der Waals surface area contributed by atoms with E-state index < -0.39 is 46.2 Å². The molecule has 1 N–H and O–H groups in total. The first kappa shape index (κ1) is 30.7. The van der Waals surface area contributed by atoms with Crippen molar-refractivity contribution in [1.82, 2.24) is 10.2 Å². The lowest BCUT2D eigenvalue weighted by Crippen LogP contribution is -2.52. The molecule has 0 saturated carbocycles. The lowest BCUT2D eigenvalue weighted by atomic mass is 10.1. The Kier molecular flexibility index (Phi) is 9.97. The SMILES string of the molecule is CCC(C(=O)NC)N(CCc1ccccc1)C(=O)CN(c1cccc(C(F)(F)F)c1)S(=O)(=O)c1ccc(C)cc1. The Morgan fingerprint density at radius 3 is 2.17 bits per heavy atom. The van der Waals surface area contributed by atoms with Crippen LogP contribution in [0.3, 0.4) is 0 Å². The molecule has 0 aliphatic heterocycles. The Balaban J connectivity index is 2.07. The molecule has 2 amide bonds. The minimum Gasteiger partial charge on any atom is -0.357 e. The van der Waals surface area contributed by atoms with Crippen molar-refractivity contribution in [3.63, 3.8) is 0 Å². The van der Waals surface area contributed by atoms with Gasteiger partial charge in [0.2, 0.25) is 11.8 Å². The number of likely N-dealkylation sites (N-methyl/N-ethyl adjacent to an activating group) is 1. The number of anilines is 1.